The first kappa shape index (κ1) is 21.1. The van der Waals surface area contributed by atoms with E-state index in [9.17, 15) is 9.59 Å². The van der Waals surface area contributed by atoms with Crippen LogP contribution in [0.2, 0.25) is 0 Å². The zero-order chi connectivity index (χ0) is 21.2. The van der Waals surface area contributed by atoms with E-state index in [2.05, 4.69) is 28.7 Å². The molecule has 3 heterocycles. The second kappa shape index (κ2) is 8.39. The SMILES string of the molecule is COc1cc(N2CCC3(CC2)C(=O)N(CC=C(C)C)C(=O)N3CC(C)C)ncn1. The van der Waals surface area contributed by atoms with Crippen LogP contribution in [0.3, 0.4) is 0 Å². The summed E-state index contributed by atoms with van der Waals surface area (Å²) in [5.74, 6) is 1.51. The van der Waals surface area contributed by atoms with Crippen molar-refractivity contribution >= 4 is 17.8 Å². The second-order valence-electron chi connectivity index (χ2n) is 8.42. The monoisotopic (exact) mass is 401 g/mol. The van der Waals surface area contributed by atoms with E-state index in [0.717, 1.165) is 11.4 Å². The van der Waals surface area contributed by atoms with Gasteiger partial charge in [0, 0.05) is 32.2 Å². The van der Waals surface area contributed by atoms with Crippen molar-refractivity contribution in [3.63, 3.8) is 0 Å². The van der Waals surface area contributed by atoms with Gasteiger partial charge in [-0.25, -0.2) is 14.8 Å². The van der Waals surface area contributed by atoms with Gasteiger partial charge in [0.15, 0.2) is 0 Å². The molecule has 0 bridgehead atoms. The molecule has 29 heavy (non-hydrogen) atoms. The van der Waals surface area contributed by atoms with Crippen LogP contribution in [0.5, 0.6) is 5.88 Å². The van der Waals surface area contributed by atoms with Gasteiger partial charge in [0.2, 0.25) is 5.88 Å². The fraction of sp³-hybridized carbons (Fsp3) is 0.619. The Bertz CT molecular complexity index is 795. The van der Waals surface area contributed by atoms with Gasteiger partial charge in [-0.05, 0) is 32.6 Å². The second-order valence-corrected chi connectivity index (χ2v) is 8.42. The Morgan fingerprint density at radius 3 is 2.52 bits per heavy atom. The summed E-state index contributed by atoms with van der Waals surface area (Å²) >= 11 is 0. The predicted octanol–water partition coefficient (Wildman–Crippen LogP) is 2.71. The molecule has 8 nitrogen and oxygen atoms in total. The highest BCUT2D eigenvalue weighted by Gasteiger charge is 2.57. The van der Waals surface area contributed by atoms with Gasteiger partial charge in [0.1, 0.15) is 17.7 Å². The molecule has 0 radical (unpaired) electrons. The quantitative estimate of drug-likeness (QED) is 0.539. The number of aromatic nitrogens is 2. The van der Waals surface area contributed by atoms with Gasteiger partial charge in [-0.3, -0.25) is 9.69 Å². The van der Waals surface area contributed by atoms with Crippen molar-refractivity contribution in [1.82, 2.24) is 19.8 Å². The average Bonchev–Trinajstić information content (AvgIpc) is 2.88. The molecule has 8 heteroatoms. The summed E-state index contributed by atoms with van der Waals surface area (Å²) in [6.45, 7) is 10.3. The highest BCUT2D eigenvalue weighted by molar-refractivity contribution is 6.07. The van der Waals surface area contributed by atoms with Gasteiger partial charge in [0.05, 0.1) is 7.11 Å². The number of ether oxygens (including phenoxy) is 1. The van der Waals surface area contributed by atoms with Gasteiger partial charge in [-0.2, -0.15) is 0 Å². The number of methoxy groups -OCH3 is 1. The predicted molar refractivity (Wildman–Crippen MR) is 111 cm³/mol. The van der Waals surface area contributed by atoms with E-state index >= 15 is 0 Å². The maximum atomic E-state index is 13.4. The number of carbonyl (C=O) groups excluding carboxylic acids is 2. The van der Waals surface area contributed by atoms with Crippen LogP contribution in [0.15, 0.2) is 24.0 Å². The molecule has 2 saturated heterocycles. The Morgan fingerprint density at radius 1 is 1.24 bits per heavy atom. The third kappa shape index (κ3) is 4.06. The maximum absolute atomic E-state index is 13.4. The van der Waals surface area contributed by atoms with Crippen molar-refractivity contribution in [2.24, 2.45) is 5.92 Å². The largest absolute Gasteiger partial charge is 0.481 e. The highest BCUT2D eigenvalue weighted by Crippen LogP contribution is 2.38. The van der Waals surface area contributed by atoms with Crippen molar-refractivity contribution in [1.29, 1.82) is 0 Å². The number of anilines is 1. The zero-order valence-corrected chi connectivity index (χ0v) is 18.0. The minimum atomic E-state index is -0.759. The number of carbonyl (C=O) groups is 2. The molecule has 2 aliphatic heterocycles. The number of allylic oxidation sites excluding steroid dienone is 1. The maximum Gasteiger partial charge on any atom is 0.327 e. The summed E-state index contributed by atoms with van der Waals surface area (Å²) in [4.78, 5) is 40.3. The third-order valence-corrected chi connectivity index (χ3v) is 5.60. The van der Waals surface area contributed by atoms with E-state index in [-0.39, 0.29) is 17.9 Å². The van der Waals surface area contributed by atoms with E-state index in [1.807, 2.05) is 24.8 Å². The Hall–Kier alpha value is -2.64. The number of rotatable bonds is 6. The van der Waals surface area contributed by atoms with Crippen molar-refractivity contribution in [3.05, 3.63) is 24.0 Å². The number of imide groups is 1. The first-order valence-electron chi connectivity index (χ1n) is 10.2. The topological polar surface area (TPSA) is 78.9 Å². The van der Waals surface area contributed by atoms with Crippen LogP contribution in [0.4, 0.5) is 10.6 Å². The molecule has 0 N–H and O–H groups in total. The summed E-state index contributed by atoms with van der Waals surface area (Å²) in [6, 6.07) is 1.63. The third-order valence-electron chi connectivity index (χ3n) is 5.60. The number of urea groups is 1. The van der Waals surface area contributed by atoms with E-state index < -0.39 is 5.54 Å². The number of piperidine rings is 1. The molecule has 0 saturated carbocycles. The Kier molecular flexibility index (Phi) is 6.10. The lowest BCUT2D eigenvalue weighted by Crippen LogP contribution is -2.57. The molecular formula is C21H31N5O3. The minimum absolute atomic E-state index is 0.0689. The molecule has 1 aromatic heterocycles. The summed E-state index contributed by atoms with van der Waals surface area (Å²) in [7, 11) is 1.57. The number of nitrogens with zero attached hydrogens (tertiary/aromatic N) is 5. The molecule has 3 amide bonds. The van der Waals surface area contributed by atoms with Crippen LogP contribution in [0.1, 0.15) is 40.5 Å². The Labute approximate surface area is 172 Å². The average molecular weight is 402 g/mol. The van der Waals surface area contributed by atoms with Crippen molar-refractivity contribution in [2.75, 3.05) is 38.2 Å². The summed E-state index contributed by atoms with van der Waals surface area (Å²) < 4.78 is 5.19. The fourth-order valence-corrected chi connectivity index (χ4v) is 4.04. The van der Waals surface area contributed by atoms with Crippen LogP contribution in [0, 0.1) is 5.92 Å². The molecule has 2 aliphatic rings. The first-order valence-corrected chi connectivity index (χ1v) is 10.2. The summed E-state index contributed by atoms with van der Waals surface area (Å²) in [6.07, 6.45) is 4.59. The lowest BCUT2D eigenvalue weighted by molar-refractivity contribution is -0.134. The molecule has 0 aliphatic carbocycles. The van der Waals surface area contributed by atoms with E-state index in [1.54, 1.807) is 13.2 Å². The van der Waals surface area contributed by atoms with Gasteiger partial charge in [-0.1, -0.05) is 25.5 Å². The highest BCUT2D eigenvalue weighted by atomic mass is 16.5. The molecule has 158 valence electrons. The lowest BCUT2D eigenvalue weighted by Gasteiger charge is -2.43. The number of hydrogen-bond donors (Lipinski definition) is 0. The summed E-state index contributed by atoms with van der Waals surface area (Å²) in [5, 5.41) is 0. The molecule has 0 atom stereocenters. The Morgan fingerprint density at radius 2 is 1.93 bits per heavy atom. The van der Waals surface area contributed by atoms with Gasteiger partial charge >= 0.3 is 6.03 Å². The van der Waals surface area contributed by atoms with Gasteiger partial charge in [0.25, 0.3) is 5.91 Å². The van der Waals surface area contributed by atoms with Crippen LogP contribution in [-0.2, 0) is 4.79 Å². The summed E-state index contributed by atoms with van der Waals surface area (Å²) in [5.41, 5.74) is 0.333. The van der Waals surface area contributed by atoms with Crippen molar-refractivity contribution < 1.29 is 14.3 Å². The zero-order valence-electron chi connectivity index (χ0n) is 18.0. The number of hydrogen-bond acceptors (Lipinski definition) is 6. The molecule has 1 spiro atoms. The van der Waals surface area contributed by atoms with Crippen molar-refractivity contribution in [2.45, 2.75) is 46.1 Å². The lowest BCUT2D eigenvalue weighted by atomic mass is 9.85. The standard InChI is InChI=1S/C21H31N5O3/c1-15(2)6-9-25-19(27)21(26(20(25)28)13-16(3)4)7-10-24(11-8-21)17-12-18(29-5)23-14-22-17/h6,12,14,16H,7-11,13H2,1-5H3. The molecule has 3 rings (SSSR count). The first-order chi connectivity index (χ1) is 13.8. The van der Waals surface area contributed by atoms with E-state index in [0.29, 0.717) is 44.9 Å². The van der Waals surface area contributed by atoms with Gasteiger partial charge in [-0.15, -0.1) is 0 Å². The van der Waals surface area contributed by atoms with E-state index in [1.165, 1.54) is 11.2 Å². The molecule has 0 aromatic carbocycles. The normalized spacial score (nSPS) is 18.8. The molecular weight excluding hydrogens is 370 g/mol. The van der Waals surface area contributed by atoms with Crippen molar-refractivity contribution in [3.8, 4) is 5.88 Å². The molecule has 1 aromatic rings. The van der Waals surface area contributed by atoms with Crippen LogP contribution in [-0.4, -0.2) is 70.5 Å². The van der Waals surface area contributed by atoms with E-state index in [4.69, 9.17) is 4.74 Å². The molecule has 0 unspecified atom stereocenters. The van der Waals surface area contributed by atoms with Crippen LogP contribution >= 0.6 is 0 Å². The fourth-order valence-electron chi connectivity index (χ4n) is 4.04. The minimum Gasteiger partial charge on any atom is -0.481 e. The van der Waals surface area contributed by atoms with Gasteiger partial charge < -0.3 is 14.5 Å². The van der Waals surface area contributed by atoms with Crippen LogP contribution < -0.4 is 9.64 Å². The smallest absolute Gasteiger partial charge is 0.327 e. The number of amides is 3. The molecule has 2 fully saturated rings. The van der Waals surface area contributed by atoms with Crippen LogP contribution in [0.25, 0.3) is 0 Å². The Balaban J connectivity index is 1.83.